The summed E-state index contributed by atoms with van der Waals surface area (Å²) in [7, 11) is 0. The Kier molecular flexibility index (Phi) is 5.81. The molecule has 0 radical (unpaired) electrons. The van der Waals surface area contributed by atoms with Crippen LogP contribution in [0.2, 0.25) is 0 Å². The quantitative estimate of drug-likeness (QED) is 0.367. The average Bonchev–Trinajstić information content (AvgIpc) is 1.62. The Hall–Kier alpha value is 1.11. The summed E-state index contributed by atoms with van der Waals surface area (Å²) in [5.41, 5.74) is 8.44. The first-order valence-corrected chi connectivity index (χ1v) is 3.37. The Balaban J connectivity index is 0. The average molecular weight is 384 g/mol. The van der Waals surface area contributed by atoms with Gasteiger partial charge in [-0.2, -0.15) is 0 Å². The van der Waals surface area contributed by atoms with E-state index in [1.54, 1.807) is 0 Å². The summed E-state index contributed by atoms with van der Waals surface area (Å²) in [6.45, 7) is 1.23. The van der Waals surface area contributed by atoms with Crippen molar-refractivity contribution in [3.63, 3.8) is 0 Å². The molecule has 0 aromatic carbocycles. The molecular formula is C4H10Cl2N2O2Pt. The molecule has 0 aromatic rings. The van der Waals surface area contributed by atoms with Gasteiger partial charge < -0.3 is 15.9 Å². The summed E-state index contributed by atoms with van der Waals surface area (Å²) in [6.07, 6.45) is 0. The van der Waals surface area contributed by atoms with Gasteiger partial charge in [0.2, 0.25) is 5.91 Å². The topological polar surface area (TPSA) is 92.5 Å². The van der Waals surface area contributed by atoms with Crippen molar-refractivity contribution in [2.24, 2.45) is 11.5 Å². The molecule has 11 heavy (non-hydrogen) atoms. The van der Waals surface area contributed by atoms with Crippen molar-refractivity contribution in [3.8, 4) is 0 Å². The number of nitrogens with two attached hydrogens (primary N) is 2. The maximum atomic E-state index is 8.76. The van der Waals surface area contributed by atoms with Crippen LogP contribution in [0.15, 0.2) is 0 Å². The predicted octanol–water partition coefficient (Wildman–Crippen LogP) is -0.898. The Labute approximate surface area is 89.1 Å². The van der Waals surface area contributed by atoms with Crippen LogP contribution in [-0.4, -0.2) is 26.5 Å². The van der Waals surface area contributed by atoms with E-state index in [1.807, 2.05) is 0 Å². The zero-order valence-electron chi connectivity index (χ0n) is 5.70. The zero-order valence-corrected chi connectivity index (χ0v) is 9.48. The van der Waals surface area contributed by atoms with Gasteiger partial charge in [0.05, 0.1) is 0 Å². The van der Waals surface area contributed by atoms with Gasteiger partial charge >= 0.3 is 0 Å². The van der Waals surface area contributed by atoms with Gasteiger partial charge in [0.15, 0.2) is 0 Å². The molecule has 7 heteroatoms. The molecule has 6 N–H and O–H groups in total. The molecule has 0 aliphatic rings. The second-order valence-corrected chi connectivity index (χ2v) is 3.41. The molecule has 0 aliphatic heterocycles. The predicted molar refractivity (Wildman–Crippen MR) is 39.4 cm³/mol. The maximum Gasteiger partial charge on any atom is 0.241 e. The molecule has 1 unspecified atom stereocenters. The SMILES string of the molecule is CC(N)(C(Cl)Cl)C(N)(O)O.[Pt]. The first-order valence-electron chi connectivity index (χ1n) is 2.50. The fraction of sp³-hybridized carbons (Fsp3) is 1.00. The smallest absolute Gasteiger partial charge is 0.241 e. The van der Waals surface area contributed by atoms with Crippen LogP contribution in [0.1, 0.15) is 6.92 Å². The third-order valence-electron chi connectivity index (χ3n) is 1.25. The van der Waals surface area contributed by atoms with E-state index in [0.29, 0.717) is 0 Å². The largest absolute Gasteiger partial charge is 0.352 e. The van der Waals surface area contributed by atoms with Gasteiger partial charge in [0, 0.05) is 21.1 Å². The molecule has 0 rings (SSSR count). The van der Waals surface area contributed by atoms with Gasteiger partial charge in [-0.1, -0.05) is 0 Å². The number of aliphatic hydroxyl groups is 2. The third kappa shape index (κ3) is 3.55. The molecule has 0 saturated carbocycles. The van der Waals surface area contributed by atoms with E-state index in [1.165, 1.54) is 6.92 Å². The Morgan fingerprint density at radius 2 is 1.55 bits per heavy atom. The van der Waals surface area contributed by atoms with Gasteiger partial charge in [0.25, 0.3) is 0 Å². The summed E-state index contributed by atoms with van der Waals surface area (Å²) in [4.78, 5) is -1.15. The van der Waals surface area contributed by atoms with Crippen LogP contribution in [0, 0.1) is 0 Å². The van der Waals surface area contributed by atoms with E-state index in [0.717, 1.165) is 0 Å². The summed E-state index contributed by atoms with van der Waals surface area (Å²) < 4.78 is 0. The molecule has 0 saturated heterocycles. The molecule has 0 heterocycles. The molecule has 72 valence electrons. The van der Waals surface area contributed by atoms with Crippen LogP contribution in [0.25, 0.3) is 0 Å². The van der Waals surface area contributed by atoms with Gasteiger partial charge in [-0.15, -0.1) is 23.2 Å². The van der Waals surface area contributed by atoms with Crippen molar-refractivity contribution in [3.05, 3.63) is 0 Å². The molecule has 0 spiro atoms. The number of rotatable bonds is 2. The first kappa shape index (κ1) is 14.6. The van der Waals surface area contributed by atoms with Crippen LogP contribution in [-0.2, 0) is 21.1 Å². The fourth-order valence-electron chi connectivity index (χ4n) is 0.161. The van der Waals surface area contributed by atoms with Crippen molar-refractivity contribution < 1.29 is 31.3 Å². The number of alkyl halides is 2. The summed E-state index contributed by atoms with van der Waals surface area (Å²) in [5.74, 6) is -2.57. The van der Waals surface area contributed by atoms with E-state index >= 15 is 0 Å². The van der Waals surface area contributed by atoms with Gasteiger partial charge in [-0.25, -0.2) is 0 Å². The summed E-state index contributed by atoms with van der Waals surface area (Å²) >= 11 is 10.6. The van der Waals surface area contributed by atoms with E-state index in [2.05, 4.69) is 0 Å². The maximum absolute atomic E-state index is 8.76. The van der Waals surface area contributed by atoms with Crippen molar-refractivity contribution in [1.82, 2.24) is 0 Å². The van der Waals surface area contributed by atoms with Crippen LogP contribution < -0.4 is 11.5 Å². The normalized spacial score (nSPS) is 17.5. The van der Waals surface area contributed by atoms with Crippen LogP contribution in [0.3, 0.4) is 0 Å². The van der Waals surface area contributed by atoms with Gasteiger partial charge in [-0.05, 0) is 6.92 Å². The molecule has 0 aliphatic carbocycles. The van der Waals surface area contributed by atoms with Gasteiger partial charge in [-0.3, -0.25) is 5.73 Å². The third-order valence-corrected chi connectivity index (χ3v) is 2.15. The van der Waals surface area contributed by atoms with Crippen LogP contribution >= 0.6 is 23.2 Å². The molecule has 0 bridgehead atoms. The number of hydrogen-bond acceptors (Lipinski definition) is 4. The monoisotopic (exact) mass is 383 g/mol. The molecule has 0 fully saturated rings. The van der Waals surface area contributed by atoms with Crippen molar-refractivity contribution >= 4 is 23.2 Å². The number of hydrogen-bond donors (Lipinski definition) is 4. The molecular weight excluding hydrogens is 374 g/mol. The summed E-state index contributed by atoms with van der Waals surface area (Å²) in [6, 6.07) is 0. The minimum atomic E-state index is -2.57. The van der Waals surface area contributed by atoms with Crippen LogP contribution in [0.5, 0.6) is 0 Å². The van der Waals surface area contributed by atoms with E-state index < -0.39 is 16.3 Å². The van der Waals surface area contributed by atoms with Gasteiger partial charge in [0.1, 0.15) is 10.4 Å². The van der Waals surface area contributed by atoms with E-state index in [4.69, 9.17) is 44.9 Å². The number of halogens is 2. The molecule has 1 atom stereocenters. The summed E-state index contributed by atoms with van der Waals surface area (Å²) in [5, 5.41) is 17.5. The van der Waals surface area contributed by atoms with Crippen molar-refractivity contribution in [2.75, 3.05) is 0 Å². The Bertz CT molecular complexity index is 126. The molecule has 0 aromatic heterocycles. The standard InChI is InChI=1S/C4H10Cl2N2O2.Pt/c1-3(7,2(5)6)4(8,9)10;/h2,9-10H,7-8H2,1H3;. The second-order valence-electron chi connectivity index (χ2n) is 2.31. The first-order chi connectivity index (χ1) is 4.19. The van der Waals surface area contributed by atoms with Crippen LogP contribution in [0.4, 0.5) is 0 Å². The van der Waals surface area contributed by atoms with Crippen molar-refractivity contribution in [1.29, 1.82) is 0 Å². The van der Waals surface area contributed by atoms with E-state index in [9.17, 15) is 0 Å². The van der Waals surface area contributed by atoms with E-state index in [-0.39, 0.29) is 21.1 Å². The zero-order chi connectivity index (χ0) is 8.58. The molecule has 4 nitrogen and oxygen atoms in total. The molecule has 0 amide bonds. The van der Waals surface area contributed by atoms with Crippen molar-refractivity contribution in [2.45, 2.75) is 23.2 Å². The minimum Gasteiger partial charge on any atom is -0.352 e. The second kappa shape index (κ2) is 4.37. The Morgan fingerprint density at radius 1 is 1.27 bits per heavy atom. The minimum absolute atomic E-state index is 0. The Morgan fingerprint density at radius 3 is 1.55 bits per heavy atom. The fourth-order valence-corrected chi connectivity index (χ4v) is 0.482.